The zero-order chi connectivity index (χ0) is 13.7. The monoisotopic (exact) mass is 312 g/mol. The number of nitrogens with zero attached hydrogens (tertiary/aromatic N) is 2. The van der Waals surface area contributed by atoms with Crippen LogP contribution in [-0.2, 0) is 16.1 Å². The van der Waals surface area contributed by atoms with Gasteiger partial charge in [-0.3, -0.25) is 14.2 Å². The highest BCUT2D eigenvalue weighted by molar-refractivity contribution is 9.15. The van der Waals surface area contributed by atoms with Crippen molar-refractivity contribution >= 4 is 32.5 Å². The first kappa shape index (κ1) is 14.4. The fraction of sp³-hybridized carbons (Fsp3) is 0.250. The fourth-order valence-electron chi connectivity index (χ4n) is 1.37. The Morgan fingerprint density at radius 2 is 2.33 bits per heavy atom. The lowest BCUT2D eigenvalue weighted by molar-refractivity contribution is -0.143. The molecule has 1 aromatic rings. The molecule has 0 unspecified atom stereocenters. The number of esters is 1. The van der Waals surface area contributed by atoms with Gasteiger partial charge in [-0.25, -0.2) is 4.98 Å². The summed E-state index contributed by atoms with van der Waals surface area (Å²) in [5, 5.41) is 0. The van der Waals surface area contributed by atoms with Crippen LogP contribution < -0.4 is 5.56 Å². The van der Waals surface area contributed by atoms with E-state index in [1.165, 1.54) is 17.0 Å². The van der Waals surface area contributed by atoms with Crippen LogP contribution in [0.5, 0.6) is 0 Å². The summed E-state index contributed by atoms with van der Waals surface area (Å²) < 4.78 is 6.35. The third-order valence-corrected chi connectivity index (χ3v) is 2.53. The maximum Gasteiger partial charge on any atom is 0.326 e. The zero-order valence-electron chi connectivity index (χ0n) is 9.98. The molecular formula is C12H13BrN2O3. The van der Waals surface area contributed by atoms with E-state index in [1.54, 1.807) is 6.92 Å². The van der Waals surface area contributed by atoms with Crippen LogP contribution in [0.15, 0.2) is 24.3 Å². The molecule has 96 valence electrons. The van der Waals surface area contributed by atoms with Crippen molar-refractivity contribution in [3.05, 3.63) is 41.1 Å². The minimum Gasteiger partial charge on any atom is -0.465 e. The summed E-state index contributed by atoms with van der Waals surface area (Å²) in [5.74, 6) is -0.487. The van der Waals surface area contributed by atoms with Gasteiger partial charge in [0, 0.05) is 4.48 Å². The number of carbonyl (C=O) groups excluding carboxylic acids is 1. The molecule has 0 aliphatic carbocycles. The Labute approximate surface area is 113 Å². The van der Waals surface area contributed by atoms with E-state index in [1.807, 2.05) is 0 Å². The molecule has 1 rings (SSSR count). The Hall–Kier alpha value is -1.69. The summed E-state index contributed by atoms with van der Waals surface area (Å²) >= 11 is 3.14. The molecule has 5 nitrogen and oxygen atoms in total. The molecule has 0 spiro atoms. The van der Waals surface area contributed by atoms with E-state index < -0.39 is 5.97 Å². The Kier molecular flexibility index (Phi) is 5.03. The Morgan fingerprint density at radius 1 is 1.67 bits per heavy atom. The minimum absolute atomic E-state index is 0.176. The van der Waals surface area contributed by atoms with Crippen molar-refractivity contribution in [3.63, 3.8) is 0 Å². The third kappa shape index (κ3) is 3.16. The average Bonchev–Trinajstić information content (AvgIpc) is 2.31. The molecule has 1 aromatic heterocycles. The van der Waals surface area contributed by atoms with Crippen molar-refractivity contribution in [2.75, 3.05) is 6.61 Å². The SMILES string of the molecule is C=Cc1ncn(CC(=O)OCC)c(=O)c1C(=C)Br. The maximum atomic E-state index is 12.1. The number of halogens is 1. The number of ether oxygens (including phenoxy) is 1. The zero-order valence-corrected chi connectivity index (χ0v) is 11.6. The normalized spacial score (nSPS) is 9.89. The van der Waals surface area contributed by atoms with Gasteiger partial charge in [-0.15, -0.1) is 0 Å². The molecule has 0 aliphatic rings. The van der Waals surface area contributed by atoms with Crippen LogP contribution >= 0.6 is 15.9 Å². The second-order valence-corrected chi connectivity index (χ2v) is 4.31. The van der Waals surface area contributed by atoms with E-state index in [4.69, 9.17) is 4.74 Å². The summed E-state index contributed by atoms with van der Waals surface area (Å²) in [6.07, 6.45) is 2.74. The van der Waals surface area contributed by atoms with Gasteiger partial charge in [0.05, 0.1) is 24.2 Å². The van der Waals surface area contributed by atoms with Crippen LogP contribution in [0.25, 0.3) is 10.6 Å². The molecule has 0 N–H and O–H groups in total. The molecule has 0 fully saturated rings. The third-order valence-electron chi connectivity index (χ3n) is 2.14. The van der Waals surface area contributed by atoms with E-state index >= 15 is 0 Å². The average molecular weight is 313 g/mol. The van der Waals surface area contributed by atoms with Gasteiger partial charge in [0.15, 0.2) is 0 Å². The molecule has 0 bridgehead atoms. The Morgan fingerprint density at radius 3 is 2.83 bits per heavy atom. The lowest BCUT2D eigenvalue weighted by atomic mass is 10.2. The second kappa shape index (κ2) is 6.30. The number of rotatable bonds is 5. The highest BCUT2D eigenvalue weighted by Crippen LogP contribution is 2.18. The van der Waals surface area contributed by atoms with Crippen LogP contribution in [0, 0.1) is 0 Å². The summed E-state index contributed by atoms with van der Waals surface area (Å²) in [5.41, 5.74) is 0.341. The van der Waals surface area contributed by atoms with E-state index in [2.05, 4.69) is 34.1 Å². The molecule has 0 radical (unpaired) electrons. The van der Waals surface area contributed by atoms with Crippen molar-refractivity contribution in [2.45, 2.75) is 13.5 Å². The topological polar surface area (TPSA) is 61.2 Å². The first-order valence-corrected chi connectivity index (χ1v) is 6.02. The molecule has 1 heterocycles. The lowest BCUT2D eigenvalue weighted by Gasteiger charge is -2.08. The standard InChI is InChI=1S/C12H13BrN2O3/c1-4-9-11(8(3)13)12(17)15(7-14-9)6-10(16)18-5-2/h4,7H,1,3,5-6H2,2H3. The highest BCUT2D eigenvalue weighted by Gasteiger charge is 2.13. The summed E-state index contributed by atoms with van der Waals surface area (Å²) in [6, 6.07) is 0. The van der Waals surface area contributed by atoms with Gasteiger partial charge in [0.1, 0.15) is 6.54 Å². The summed E-state index contributed by atoms with van der Waals surface area (Å²) in [4.78, 5) is 27.5. The van der Waals surface area contributed by atoms with E-state index in [9.17, 15) is 9.59 Å². The first-order chi connectivity index (χ1) is 8.51. The highest BCUT2D eigenvalue weighted by atomic mass is 79.9. The quantitative estimate of drug-likeness (QED) is 0.778. The van der Waals surface area contributed by atoms with Gasteiger partial charge in [-0.1, -0.05) is 29.1 Å². The van der Waals surface area contributed by atoms with Gasteiger partial charge in [-0.2, -0.15) is 0 Å². The lowest BCUT2D eigenvalue weighted by Crippen LogP contribution is -2.28. The molecule has 0 saturated carbocycles. The van der Waals surface area contributed by atoms with E-state index in [0.717, 1.165) is 0 Å². The fourth-order valence-corrected chi connectivity index (χ4v) is 1.74. The van der Waals surface area contributed by atoms with Crippen molar-refractivity contribution in [1.82, 2.24) is 9.55 Å². The number of hydrogen-bond donors (Lipinski definition) is 0. The Balaban J connectivity index is 3.21. The van der Waals surface area contributed by atoms with Gasteiger partial charge in [-0.05, 0) is 13.0 Å². The first-order valence-electron chi connectivity index (χ1n) is 5.23. The minimum atomic E-state index is -0.487. The van der Waals surface area contributed by atoms with Crippen LogP contribution in [0.2, 0.25) is 0 Å². The van der Waals surface area contributed by atoms with Gasteiger partial charge in [0.2, 0.25) is 0 Å². The largest absolute Gasteiger partial charge is 0.465 e. The predicted molar refractivity (Wildman–Crippen MR) is 73.2 cm³/mol. The number of carbonyl (C=O) groups is 1. The molecule has 0 amide bonds. The van der Waals surface area contributed by atoms with Crippen molar-refractivity contribution in [3.8, 4) is 0 Å². The smallest absolute Gasteiger partial charge is 0.326 e. The van der Waals surface area contributed by atoms with E-state index in [-0.39, 0.29) is 24.3 Å². The van der Waals surface area contributed by atoms with Crippen LogP contribution in [0.4, 0.5) is 0 Å². The molecule has 18 heavy (non-hydrogen) atoms. The molecule has 0 aromatic carbocycles. The van der Waals surface area contributed by atoms with E-state index in [0.29, 0.717) is 10.2 Å². The van der Waals surface area contributed by atoms with Crippen molar-refractivity contribution < 1.29 is 9.53 Å². The molecular weight excluding hydrogens is 300 g/mol. The predicted octanol–water partition coefficient (Wildman–Crippen LogP) is 1.81. The second-order valence-electron chi connectivity index (χ2n) is 3.35. The molecule has 0 aliphatic heterocycles. The maximum absolute atomic E-state index is 12.1. The number of aromatic nitrogens is 2. The van der Waals surface area contributed by atoms with Gasteiger partial charge < -0.3 is 4.74 Å². The molecule has 6 heteroatoms. The van der Waals surface area contributed by atoms with Crippen molar-refractivity contribution in [2.24, 2.45) is 0 Å². The number of hydrogen-bond acceptors (Lipinski definition) is 4. The van der Waals surface area contributed by atoms with Crippen LogP contribution in [0.1, 0.15) is 18.2 Å². The Bertz CT molecular complexity index is 549. The van der Waals surface area contributed by atoms with Gasteiger partial charge in [0.25, 0.3) is 5.56 Å². The van der Waals surface area contributed by atoms with Crippen LogP contribution in [-0.4, -0.2) is 22.1 Å². The van der Waals surface area contributed by atoms with Crippen LogP contribution in [0.3, 0.4) is 0 Å². The summed E-state index contributed by atoms with van der Waals surface area (Å²) in [6.45, 7) is 9.01. The molecule has 0 atom stereocenters. The van der Waals surface area contributed by atoms with Crippen molar-refractivity contribution in [1.29, 1.82) is 0 Å². The molecule has 0 saturated heterocycles. The summed E-state index contributed by atoms with van der Waals surface area (Å²) in [7, 11) is 0. The van der Waals surface area contributed by atoms with Gasteiger partial charge >= 0.3 is 5.97 Å².